The topological polar surface area (TPSA) is 57.4 Å². The van der Waals surface area contributed by atoms with Crippen LogP contribution in [0.4, 0.5) is 5.82 Å². The van der Waals surface area contributed by atoms with Crippen molar-refractivity contribution in [2.24, 2.45) is 0 Å². The molecule has 1 aromatic carbocycles. The largest absolute Gasteiger partial charge is 0.497 e. The van der Waals surface area contributed by atoms with E-state index in [9.17, 15) is 0 Å². The Kier molecular flexibility index (Phi) is 3.37. The van der Waals surface area contributed by atoms with E-state index in [0.717, 1.165) is 28.2 Å². The van der Waals surface area contributed by atoms with Crippen LogP contribution < -0.4 is 15.2 Å². The lowest BCUT2D eigenvalue weighted by Gasteiger charge is -2.12. The third-order valence-corrected chi connectivity index (χ3v) is 2.75. The maximum atomic E-state index is 5.93. The molecule has 0 unspecified atom stereocenters. The summed E-state index contributed by atoms with van der Waals surface area (Å²) in [6.07, 6.45) is 1.74. The predicted molar refractivity (Wildman–Crippen MR) is 71.9 cm³/mol. The summed E-state index contributed by atoms with van der Waals surface area (Å²) in [5, 5.41) is 0. The van der Waals surface area contributed by atoms with E-state index in [4.69, 9.17) is 15.2 Å². The number of aromatic nitrogens is 1. The molecule has 0 radical (unpaired) electrons. The summed E-state index contributed by atoms with van der Waals surface area (Å²) >= 11 is 0. The third-order valence-electron chi connectivity index (χ3n) is 2.75. The first-order valence-electron chi connectivity index (χ1n) is 5.60. The first-order valence-corrected chi connectivity index (χ1v) is 5.60. The summed E-state index contributed by atoms with van der Waals surface area (Å²) in [4.78, 5) is 4.17. The lowest BCUT2D eigenvalue weighted by molar-refractivity contribution is 0.404. The maximum absolute atomic E-state index is 5.93. The molecule has 0 aliphatic rings. The standard InChI is InChI=1S/C14H16N2O2/c1-9-6-12(14(15)16-8-9)11-7-10(17-2)4-5-13(11)18-3/h4-8H,1-3H3,(H2,15,16). The molecule has 4 heteroatoms. The zero-order chi connectivity index (χ0) is 13.1. The van der Waals surface area contributed by atoms with Crippen LogP contribution in [0.25, 0.3) is 11.1 Å². The Hall–Kier alpha value is -2.23. The van der Waals surface area contributed by atoms with Gasteiger partial charge in [0, 0.05) is 17.3 Å². The number of hydrogen-bond acceptors (Lipinski definition) is 4. The van der Waals surface area contributed by atoms with Crippen LogP contribution in [0.1, 0.15) is 5.56 Å². The number of aryl methyl sites for hydroxylation is 1. The van der Waals surface area contributed by atoms with Gasteiger partial charge in [0.2, 0.25) is 0 Å². The summed E-state index contributed by atoms with van der Waals surface area (Å²) in [5.41, 5.74) is 8.71. The minimum Gasteiger partial charge on any atom is -0.497 e. The Bertz CT molecular complexity index is 568. The first kappa shape index (κ1) is 12.2. The van der Waals surface area contributed by atoms with Gasteiger partial charge in [-0.2, -0.15) is 0 Å². The average molecular weight is 244 g/mol. The molecule has 4 nitrogen and oxygen atoms in total. The van der Waals surface area contributed by atoms with Gasteiger partial charge in [-0.1, -0.05) is 0 Å². The van der Waals surface area contributed by atoms with Gasteiger partial charge in [-0.25, -0.2) is 4.98 Å². The molecule has 2 rings (SSSR count). The number of rotatable bonds is 3. The third kappa shape index (κ3) is 2.22. The zero-order valence-electron chi connectivity index (χ0n) is 10.7. The SMILES string of the molecule is COc1ccc(OC)c(-c2cc(C)cnc2N)c1. The smallest absolute Gasteiger partial charge is 0.131 e. The van der Waals surface area contributed by atoms with Gasteiger partial charge in [-0.15, -0.1) is 0 Å². The molecule has 0 bridgehead atoms. The van der Waals surface area contributed by atoms with Crippen molar-refractivity contribution >= 4 is 5.82 Å². The fourth-order valence-corrected chi connectivity index (χ4v) is 1.82. The van der Waals surface area contributed by atoms with Crippen molar-refractivity contribution in [3.8, 4) is 22.6 Å². The van der Waals surface area contributed by atoms with E-state index in [0.29, 0.717) is 5.82 Å². The molecule has 0 saturated carbocycles. The molecule has 0 spiro atoms. The molecule has 0 fully saturated rings. The van der Waals surface area contributed by atoms with Gasteiger partial charge in [0.1, 0.15) is 17.3 Å². The Labute approximate surface area is 106 Å². The minimum atomic E-state index is 0.479. The molecule has 0 amide bonds. The summed E-state index contributed by atoms with van der Waals surface area (Å²) in [7, 11) is 3.26. The lowest BCUT2D eigenvalue weighted by atomic mass is 10.0. The van der Waals surface area contributed by atoms with E-state index in [1.165, 1.54) is 0 Å². The molecule has 94 valence electrons. The Morgan fingerprint density at radius 2 is 1.83 bits per heavy atom. The average Bonchev–Trinajstić information content (AvgIpc) is 2.40. The van der Waals surface area contributed by atoms with Crippen LogP contribution in [0.3, 0.4) is 0 Å². The number of hydrogen-bond donors (Lipinski definition) is 1. The van der Waals surface area contributed by atoms with Gasteiger partial charge in [0.05, 0.1) is 14.2 Å². The highest BCUT2D eigenvalue weighted by Crippen LogP contribution is 2.36. The van der Waals surface area contributed by atoms with E-state index in [1.54, 1.807) is 20.4 Å². The van der Waals surface area contributed by atoms with Gasteiger partial charge in [-0.3, -0.25) is 0 Å². The number of methoxy groups -OCH3 is 2. The number of benzene rings is 1. The quantitative estimate of drug-likeness (QED) is 0.901. The van der Waals surface area contributed by atoms with Crippen molar-refractivity contribution in [1.29, 1.82) is 0 Å². The van der Waals surface area contributed by atoms with Gasteiger partial charge >= 0.3 is 0 Å². The monoisotopic (exact) mass is 244 g/mol. The van der Waals surface area contributed by atoms with Gasteiger partial charge in [0.25, 0.3) is 0 Å². The summed E-state index contributed by atoms with van der Waals surface area (Å²) in [5.74, 6) is 1.98. The normalized spacial score (nSPS) is 10.2. The van der Waals surface area contributed by atoms with Crippen LogP contribution in [0.5, 0.6) is 11.5 Å². The van der Waals surface area contributed by atoms with Gasteiger partial charge in [0.15, 0.2) is 0 Å². The van der Waals surface area contributed by atoms with E-state index in [-0.39, 0.29) is 0 Å². The van der Waals surface area contributed by atoms with Crippen LogP contribution in [0.15, 0.2) is 30.5 Å². The molecule has 0 saturated heterocycles. The van der Waals surface area contributed by atoms with Crippen LogP contribution in [0, 0.1) is 6.92 Å². The molecule has 0 aliphatic heterocycles. The Morgan fingerprint density at radius 1 is 1.06 bits per heavy atom. The second kappa shape index (κ2) is 4.96. The maximum Gasteiger partial charge on any atom is 0.131 e. The molecule has 2 N–H and O–H groups in total. The van der Waals surface area contributed by atoms with E-state index >= 15 is 0 Å². The van der Waals surface area contributed by atoms with Crippen molar-refractivity contribution in [2.45, 2.75) is 6.92 Å². The van der Waals surface area contributed by atoms with Crippen LogP contribution in [-0.2, 0) is 0 Å². The van der Waals surface area contributed by atoms with E-state index in [2.05, 4.69) is 4.98 Å². The fraction of sp³-hybridized carbons (Fsp3) is 0.214. The number of nitrogen functional groups attached to an aromatic ring is 1. The fourth-order valence-electron chi connectivity index (χ4n) is 1.82. The highest BCUT2D eigenvalue weighted by molar-refractivity contribution is 5.79. The number of anilines is 1. The highest BCUT2D eigenvalue weighted by atomic mass is 16.5. The summed E-state index contributed by atoms with van der Waals surface area (Å²) in [6, 6.07) is 7.59. The Morgan fingerprint density at radius 3 is 2.50 bits per heavy atom. The molecular formula is C14H16N2O2. The highest BCUT2D eigenvalue weighted by Gasteiger charge is 2.11. The minimum absolute atomic E-state index is 0.479. The Balaban J connectivity index is 2.64. The van der Waals surface area contributed by atoms with Gasteiger partial charge in [-0.05, 0) is 36.8 Å². The molecule has 1 heterocycles. The molecule has 0 atom stereocenters. The molecule has 2 aromatic rings. The molecule has 18 heavy (non-hydrogen) atoms. The summed E-state index contributed by atoms with van der Waals surface area (Å²) in [6.45, 7) is 1.97. The van der Waals surface area contributed by atoms with E-state index in [1.807, 2.05) is 31.2 Å². The number of nitrogens with two attached hydrogens (primary N) is 1. The number of pyridine rings is 1. The van der Waals surface area contributed by atoms with Gasteiger partial charge < -0.3 is 15.2 Å². The van der Waals surface area contributed by atoms with Crippen LogP contribution in [0.2, 0.25) is 0 Å². The predicted octanol–water partition coefficient (Wildman–Crippen LogP) is 2.66. The zero-order valence-corrected chi connectivity index (χ0v) is 10.7. The van der Waals surface area contributed by atoms with E-state index < -0.39 is 0 Å². The number of nitrogens with zero attached hydrogens (tertiary/aromatic N) is 1. The van der Waals surface area contributed by atoms with Crippen molar-refractivity contribution in [3.63, 3.8) is 0 Å². The molecular weight excluding hydrogens is 228 g/mol. The number of ether oxygens (including phenoxy) is 2. The van der Waals surface area contributed by atoms with Crippen LogP contribution in [-0.4, -0.2) is 19.2 Å². The van der Waals surface area contributed by atoms with Crippen molar-refractivity contribution in [3.05, 3.63) is 36.0 Å². The molecule has 1 aromatic heterocycles. The van der Waals surface area contributed by atoms with Crippen molar-refractivity contribution in [1.82, 2.24) is 4.98 Å². The van der Waals surface area contributed by atoms with Crippen molar-refractivity contribution < 1.29 is 9.47 Å². The second-order valence-corrected chi connectivity index (χ2v) is 4.01. The summed E-state index contributed by atoms with van der Waals surface area (Å²) < 4.78 is 10.6. The lowest BCUT2D eigenvalue weighted by Crippen LogP contribution is -1.97. The molecule has 0 aliphatic carbocycles. The van der Waals surface area contributed by atoms with Crippen LogP contribution >= 0.6 is 0 Å². The van der Waals surface area contributed by atoms with Crippen molar-refractivity contribution in [2.75, 3.05) is 20.0 Å². The first-order chi connectivity index (χ1) is 8.65. The second-order valence-electron chi connectivity index (χ2n) is 4.01.